The zero-order valence-electron chi connectivity index (χ0n) is 5.88. The van der Waals surface area contributed by atoms with Gasteiger partial charge < -0.3 is 5.73 Å². The maximum absolute atomic E-state index is 5.97. The van der Waals surface area contributed by atoms with Gasteiger partial charge in [-0.1, -0.05) is 30.3 Å². The molecule has 1 heteroatoms. The third kappa shape index (κ3) is 0.830. The van der Waals surface area contributed by atoms with Crippen LogP contribution in [0.15, 0.2) is 30.3 Å². The van der Waals surface area contributed by atoms with Crippen LogP contribution < -0.4 is 5.73 Å². The lowest BCUT2D eigenvalue weighted by Gasteiger charge is -2.06. The average Bonchev–Trinajstić information content (AvgIpc) is 2.72. The minimum absolute atomic E-state index is 0.0429. The Hall–Kier alpha value is -0.820. The van der Waals surface area contributed by atoms with E-state index in [4.69, 9.17) is 5.73 Å². The van der Waals surface area contributed by atoms with Crippen molar-refractivity contribution in [2.45, 2.75) is 18.4 Å². The Balaban J connectivity index is 2.35. The van der Waals surface area contributed by atoms with Gasteiger partial charge in [0, 0.05) is 5.54 Å². The van der Waals surface area contributed by atoms with Crippen molar-refractivity contribution in [1.82, 2.24) is 0 Å². The second-order valence-electron chi connectivity index (χ2n) is 3.02. The van der Waals surface area contributed by atoms with Crippen molar-refractivity contribution >= 4 is 0 Å². The first kappa shape index (κ1) is 5.93. The van der Waals surface area contributed by atoms with Crippen LogP contribution in [-0.4, -0.2) is 0 Å². The Morgan fingerprint density at radius 2 is 1.70 bits per heavy atom. The average molecular weight is 151 g/mol. The first-order valence-corrected chi connectivity index (χ1v) is 3.66. The van der Waals surface area contributed by atoms with E-state index in [-0.39, 0.29) is 5.54 Å². The van der Waals surface area contributed by atoms with E-state index in [9.17, 15) is 0 Å². The Labute approximate surface area is 60.9 Å². The van der Waals surface area contributed by atoms with Crippen molar-refractivity contribution in [3.05, 3.63) is 35.9 Å². The molecule has 0 heterocycles. The molecule has 1 aliphatic rings. The molecule has 1 aliphatic carbocycles. The standard InChI is InChI=1S/C9H11N/c10-9(6-7-9)8-4-2-1-3-5-8/h1-5H,6-7,10H2/i1+2,2+2,3+2,4+2,5+2,6+2,7+2,8+2,9+2. The molecule has 0 spiro atoms. The molecule has 1 aromatic carbocycles. The lowest BCUT2D eigenvalue weighted by atomic mass is 12.0. The molecule has 1 aromatic rings. The molecule has 10 heavy (non-hydrogen) atoms. The molecular weight excluding hydrogens is 140 g/mol. The molecule has 1 fully saturated rings. The van der Waals surface area contributed by atoms with Crippen LogP contribution in [0.25, 0.3) is 0 Å². The van der Waals surface area contributed by atoms with E-state index in [1.807, 2.05) is 18.2 Å². The molecular formula is C9H11N. The third-order valence-corrected chi connectivity index (χ3v) is 2.14. The van der Waals surface area contributed by atoms with Gasteiger partial charge in [-0.15, -0.1) is 0 Å². The number of hydrogen-bond acceptors (Lipinski definition) is 1. The largest absolute Gasteiger partial charge is 0.321 e. The fraction of sp³-hybridized carbons (Fsp3) is 0.333. The SMILES string of the molecule is N[14C]1([14c]2[14cH][14cH][14cH][14cH][14cH]2)[14CH2][14CH2]1. The van der Waals surface area contributed by atoms with Crippen molar-refractivity contribution in [3.63, 3.8) is 0 Å². The molecule has 0 saturated heterocycles. The van der Waals surface area contributed by atoms with Gasteiger partial charge in [-0.2, -0.15) is 0 Å². The Kier molecular flexibility index (Phi) is 1.08. The van der Waals surface area contributed by atoms with Gasteiger partial charge in [0.15, 0.2) is 0 Å². The van der Waals surface area contributed by atoms with Gasteiger partial charge in [0.05, 0.1) is 0 Å². The molecule has 0 atom stereocenters. The molecule has 52 valence electrons. The van der Waals surface area contributed by atoms with E-state index in [0.717, 1.165) is 12.8 Å². The van der Waals surface area contributed by atoms with Gasteiger partial charge in [0.2, 0.25) is 0 Å². The molecule has 0 amide bonds. The smallest absolute Gasteiger partial charge is 0.0411 e. The summed E-state index contributed by atoms with van der Waals surface area (Å²) in [5.74, 6) is 0. The number of hydrogen-bond donors (Lipinski definition) is 1. The minimum Gasteiger partial charge on any atom is -0.321 e. The van der Waals surface area contributed by atoms with Gasteiger partial charge in [-0.3, -0.25) is 0 Å². The van der Waals surface area contributed by atoms with Crippen molar-refractivity contribution in [1.29, 1.82) is 0 Å². The highest BCUT2D eigenvalue weighted by Gasteiger charge is 2.39. The fourth-order valence-corrected chi connectivity index (χ4v) is 1.19. The second kappa shape index (κ2) is 1.83. The highest BCUT2D eigenvalue weighted by molar-refractivity contribution is 5.28. The quantitative estimate of drug-likeness (QED) is 0.648. The molecule has 2 N–H and O–H groups in total. The van der Waals surface area contributed by atoms with Crippen molar-refractivity contribution in [2.24, 2.45) is 5.73 Å². The van der Waals surface area contributed by atoms with Crippen LogP contribution in [0, 0.1) is 0 Å². The summed E-state index contributed by atoms with van der Waals surface area (Å²) in [6.45, 7) is 0. The summed E-state index contributed by atoms with van der Waals surface area (Å²) in [7, 11) is 0. The van der Waals surface area contributed by atoms with E-state index < -0.39 is 0 Å². The Morgan fingerprint density at radius 1 is 1.10 bits per heavy atom. The Bertz CT molecular complexity index is 224. The molecule has 0 unspecified atom stereocenters. The lowest BCUT2D eigenvalue weighted by molar-refractivity contribution is 0.740. The van der Waals surface area contributed by atoms with Crippen LogP contribution in [0.5, 0.6) is 0 Å². The van der Waals surface area contributed by atoms with Gasteiger partial charge in [0.1, 0.15) is 0 Å². The molecule has 1 nitrogen and oxygen atoms in total. The Morgan fingerprint density at radius 3 is 2.20 bits per heavy atom. The van der Waals surface area contributed by atoms with E-state index >= 15 is 0 Å². The van der Waals surface area contributed by atoms with Gasteiger partial charge in [0.25, 0.3) is 0 Å². The van der Waals surface area contributed by atoms with Crippen molar-refractivity contribution in [2.75, 3.05) is 0 Å². The molecule has 2 rings (SSSR count). The van der Waals surface area contributed by atoms with Crippen molar-refractivity contribution < 1.29 is 0 Å². The second-order valence-corrected chi connectivity index (χ2v) is 3.02. The van der Waals surface area contributed by atoms with Crippen LogP contribution in [0.1, 0.15) is 18.4 Å². The third-order valence-electron chi connectivity index (χ3n) is 2.14. The topological polar surface area (TPSA) is 26.0 Å². The monoisotopic (exact) mass is 151 g/mol. The minimum atomic E-state index is 0.0429. The molecule has 0 aliphatic heterocycles. The highest BCUT2D eigenvalue weighted by atomic mass is 16.4. The van der Waals surface area contributed by atoms with E-state index in [0.29, 0.717) is 0 Å². The van der Waals surface area contributed by atoms with E-state index in [1.165, 1.54) is 5.56 Å². The zero-order valence-corrected chi connectivity index (χ0v) is 5.88. The van der Waals surface area contributed by atoms with Crippen LogP contribution in [0.2, 0.25) is 0 Å². The van der Waals surface area contributed by atoms with Crippen molar-refractivity contribution in [3.8, 4) is 0 Å². The molecule has 1 saturated carbocycles. The van der Waals surface area contributed by atoms with Crippen LogP contribution in [-0.2, 0) is 5.54 Å². The fourth-order valence-electron chi connectivity index (χ4n) is 1.19. The highest BCUT2D eigenvalue weighted by Crippen LogP contribution is 2.42. The molecule has 0 radical (unpaired) electrons. The lowest BCUT2D eigenvalue weighted by Crippen LogP contribution is -2.18. The van der Waals surface area contributed by atoms with Crippen LogP contribution >= 0.6 is 0 Å². The normalized spacial score (nSPS) is 20.5. The maximum Gasteiger partial charge on any atom is 0.0411 e. The number of rotatable bonds is 1. The maximum atomic E-state index is 5.97. The zero-order chi connectivity index (χ0) is 7.03. The predicted octanol–water partition coefficient (Wildman–Crippen LogP) is 1.63. The number of nitrogens with two attached hydrogens (primary N) is 1. The molecule has 0 bridgehead atoms. The summed E-state index contributed by atoms with van der Waals surface area (Å²) in [6.07, 6.45) is 2.30. The number of benzene rings is 1. The summed E-state index contributed by atoms with van der Waals surface area (Å²) < 4.78 is 0. The summed E-state index contributed by atoms with van der Waals surface area (Å²) in [5.41, 5.74) is 7.30. The first-order valence-electron chi connectivity index (χ1n) is 3.66. The summed E-state index contributed by atoms with van der Waals surface area (Å²) >= 11 is 0. The molecule has 0 aromatic heterocycles. The summed E-state index contributed by atoms with van der Waals surface area (Å²) in [4.78, 5) is 0. The van der Waals surface area contributed by atoms with Crippen LogP contribution in [0.4, 0.5) is 0 Å². The van der Waals surface area contributed by atoms with E-state index in [2.05, 4.69) is 12.1 Å². The van der Waals surface area contributed by atoms with Gasteiger partial charge in [-0.05, 0) is 18.4 Å². The summed E-state index contributed by atoms with van der Waals surface area (Å²) in [5, 5.41) is 0. The predicted molar refractivity (Wildman–Crippen MR) is 41.5 cm³/mol. The van der Waals surface area contributed by atoms with Gasteiger partial charge >= 0.3 is 0 Å². The first-order chi connectivity index (χ1) is 4.81. The van der Waals surface area contributed by atoms with E-state index in [1.54, 1.807) is 0 Å². The van der Waals surface area contributed by atoms with Gasteiger partial charge in [-0.25, -0.2) is 0 Å². The van der Waals surface area contributed by atoms with Crippen LogP contribution in [0.3, 0.4) is 0 Å². The summed E-state index contributed by atoms with van der Waals surface area (Å²) in [6, 6.07) is 10.3.